The summed E-state index contributed by atoms with van der Waals surface area (Å²) >= 11 is 0. The predicted molar refractivity (Wildman–Crippen MR) is 110 cm³/mol. The Morgan fingerprint density at radius 3 is 2.77 bits per heavy atom. The highest BCUT2D eigenvalue weighted by Gasteiger charge is 2.11. The van der Waals surface area contributed by atoms with Crippen LogP contribution < -0.4 is 5.32 Å². The van der Waals surface area contributed by atoms with Gasteiger partial charge in [0.1, 0.15) is 5.82 Å². The van der Waals surface area contributed by atoms with E-state index in [1.54, 1.807) is 0 Å². The third-order valence-electron chi connectivity index (χ3n) is 4.81. The zero-order valence-corrected chi connectivity index (χ0v) is 15.0. The van der Waals surface area contributed by atoms with Crippen LogP contribution >= 0.6 is 0 Å². The van der Waals surface area contributed by atoms with Gasteiger partial charge in [0.2, 0.25) is 0 Å². The van der Waals surface area contributed by atoms with Gasteiger partial charge >= 0.3 is 0 Å². The summed E-state index contributed by atoms with van der Waals surface area (Å²) in [5.74, 6) is 0.891. The SMILES string of the molecule is C.CCCCn1ccc2c(Nc3ccc(C)c4c3cnn4C)nccc21. The van der Waals surface area contributed by atoms with Gasteiger partial charge in [0.05, 0.1) is 22.9 Å². The Hall–Kier alpha value is -2.82. The number of benzene rings is 1. The van der Waals surface area contributed by atoms with Gasteiger partial charge in [-0.05, 0) is 37.1 Å². The van der Waals surface area contributed by atoms with Crippen molar-refractivity contribution in [2.75, 3.05) is 5.32 Å². The van der Waals surface area contributed by atoms with Gasteiger partial charge in [-0.2, -0.15) is 5.10 Å². The van der Waals surface area contributed by atoms with E-state index in [0.29, 0.717) is 0 Å². The van der Waals surface area contributed by atoms with E-state index in [4.69, 9.17) is 0 Å². The van der Waals surface area contributed by atoms with E-state index in [9.17, 15) is 0 Å². The van der Waals surface area contributed by atoms with Gasteiger partial charge in [0.15, 0.2) is 0 Å². The molecule has 4 rings (SSSR count). The number of hydrogen-bond donors (Lipinski definition) is 1. The molecule has 0 amide bonds. The summed E-state index contributed by atoms with van der Waals surface area (Å²) in [6.45, 7) is 5.37. The van der Waals surface area contributed by atoms with Crippen molar-refractivity contribution >= 4 is 33.3 Å². The largest absolute Gasteiger partial charge is 0.347 e. The standard InChI is InChI=1S/C20H23N5.CH4/c1-4-5-11-25-12-9-15-18(25)8-10-21-20(15)23-17-7-6-14(2)19-16(17)13-22-24(19)3;/h6-10,12-13H,4-5,11H2,1-3H3,(H,21,23);1H4. The molecule has 0 unspecified atom stereocenters. The van der Waals surface area contributed by atoms with Crippen molar-refractivity contribution in [1.82, 2.24) is 19.3 Å². The van der Waals surface area contributed by atoms with Gasteiger partial charge in [0, 0.05) is 36.8 Å². The first-order chi connectivity index (χ1) is 12.2. The van der Waals surface area contributed by atoms with Gasteiger partial charge in [-0.3, -0.25) is 4.68 Å². The Morgan fingerprint density at radius 2 is 1.96 bits per heavy atom. The van der Waals surface area contributed by atoms with Crippen molar-refractivity contribution in [2.45, 2.75) is 40.7 Å². The molecule has 3 heterocycles. The minimum absolute atomic E-state index is 0. The van der Waals surface area contributed by atoms with Gasteiger partial charge in [-0.1, -0.05) is 26.8 Å². The van der Waals surface area contributed by atoms with Crippen LogP contribution in [0.3, 0.4) is 0 Å². The molecule has 4 aromatic rings. The summed E-state index contributed by atoms with van der Waals surface area (Å²) in [4.78, 5) is 4.58. The zero-order valence-electron chi connectivity index (χ0n) is 15.0. The second-order valence-corrected chi connectivity index (χ2v) is 6.54. The molecule has 136 valence electrons. The minimum atomic E-state index is 0. The van der Waals surface area contributed by atoms with Crippen LogP contribution in [0.4, 0.5) is 11.5 Å². The Balaban J connectivity index is 0.00000196. The Morgan fingerprint density at radius 1 is 1.12 bits per heavy atom. The fourth-order valence-electron chi connectivity index (χ4n) is 3.46. The first kappa shape index (κ1) is 18.0. The number of hydrogen-bond acceptors (Lipinski definition) is 3. The monoisotopic (exact) mass is 349 g/mol. The van der Waals surface area contributed by atoms with Crippen LogP contribution in [0.25, 0.3) is 21.8 Å². The van der Waals surface area contributed by atoms with Gasteiger partial charge in [-0.25, -0.2) is 4.98 Å². The van der Waals surface area contributed by atoms with Gasteiger partial charge in [-0.15, -0.1) is 0 Å². The van der Waals surface area contributed by atoms with E-state index < -0.39 is 0 Å². The van der Waals surface area contributed by atoms with Crippen molar-refractivity contribution in [2.24, 2.45) is 7.05 Å². The van der Waals surface area contributed by atoms with Crippen LogP contribution in [-0.2, 0) is 13.6 Å². The molecule has 26 heavy (non-hydrogen) atoms. The maximum atomic E-state index is 4.58. The normalized spacial score (nSPS) is 11.0. The minimum Gasteiger partial charge on any atom is -0.347 e. The molecule has 0 radical (unpaired) electrons. The lowest BCUT2D eigenvalue weighted by Crippen LogP contribution is -1.98. The van der Waals surface area contributed by atoms with Crippen molar-refractivity contribution < 1.29 is 0 Å². The summed E-state index contributed by atoms with van der Waals surface area (Å²) in [5.41, 5.74) is 4.63. The predicted octanol–water partition coefficient (Wildman–Crippen LogP) is 5.41. The molecule has 0 atom stereocenters. The van der Waals surface area contributed by atoms with E-state index in [1.807, 2.05) is 24.1 Å². The summed E-state index contributed by atoms with van der Waals surface area (Å²) in [6, 6.07) is 8.47. The summed E-state index contributed by atoms with van der Waals surface area (Å²) in [7, 11) is 1.98. The van der Waals surface area contributed by atoms with Crippen molar-refractivity contribution in [1.29, 1.82) is 0 Å². The molecule has 1 N–H and O–H groups in total. The van der Waals surface area contributed by atoms with E-state index in [2.05, 4.69) is 64.3 Å². The molecule has 0 bridgehead atoms. The van der Waals surface area contributed by atoms with Crippen LogP contribution in [-0.4, -0.2) is 19.3 Å². The summed E-state index contributed by atoms with van der Waals surface area (Å²) in [6.07, 6.45) is 8.32. The molecule has 1 aromatic carbocycles. The van der Waals surface area contributed by atoms with E-state index in [1.165, 1.54) is 23.9 Å². The number of pyridine rings is 1. The Labute approximate surface area is 154 Å². The third kappa shape index (κ3) is 2.94. The molecule has 0 saturated heterocycles. The lowest BCUT2D eigenvalue weighted by molar-refractivity contribution is 0.650. The fourth-order valence-corrected chi connectivity index (χ4v) is 3.46. The number of unbranched alkanes of at least 4 members (excludes halogenated alkanes) is 1. The molecule has 5 heteroatoms. The topological polar surface area (TPSA) is 47.7 Å². The Kier molecular flexibility index (Phi) is 4.98. The van der Waals surface area contributed by atoms with Crippen molar-refractivity contribution in [3.8, 4) is 0 Å². The molecule has 5 nitrogen and oxygen atoms in total. The van der Waals surface area contributed by atoms with Crippen molar-refractivity contribution in [3.63, 3.8) is 0 Å². The van der Waals surface area contributed by atoms with Crippen LogP contribution in [0, 0.1) is 6.92 Å². The molecule has 0 aliphatic carbocycles. The molecule has 0 fully saturated rings. The second kappa shape index (κ2) is 7.20. The molecular weight excluding hydrogens is 322 g/mol. The van der Waals surface area contributed by atoms with Crippen LogP contribution in [0.1, 0.15) is 32.8 Å². The zero-order chi connectivity index (χ0) is 17.4. The van der Waals surface area contributed by atoms with Gasteiger partial charge < -0.3 is 9.88 Å². The highest BCUT2D eigenvalue weighted by atomic mass is 15.2. The average Bonchev–Trinajstić information content (AvgIpc) is 3.21. The molecule has 0 spiro atoms. The quantitative estimate of drug-likeness (QED) is 0.524. The summed E-state index contributed by atoms with van der Waals surface area (Å²) in [5, 5.41) is 10.2. The third-order valence-corrected chi connectivity index (χ3v) is 4.81. The molecule has 0 aliphatic heterocycles. The molecule has 3 aromatic heterocycles. The highest BCUT2D eigenvalue weighted by molar-refractivity contribution is 5.98. The number of nitrogens with one attached hydrogen (secondary N) is 1. The maximum absolute atomic E-state index is 4.58. The lowest BCUT2D eigenvalue weighted by Gasteiger charge is -2.10. The number of nitrogens with zero attached hydrogens (tertiary/aromatic N) is 4. The van der Waals surface area contributed by atoms with Crippen LogP contribution in [0.2, 0.25) is 0 Å². The van der Waals surface area contributed by atoms with E-state index >= 15 is 0 Å². The fraction of sp³-hybridized carbons (Fsp3) is 0.333. The van der Waals surface area contributed by atoms with Crippen LogP contribution in [0.5, 0.6) is 0 Å². The van der Waals surface area contributed by atoms with Gasteiger partial charge in [0.25, 0.3) is 0 Å². The first-order valence-electron chi connectivity index (χ1n) is 8.81. The van der Waals surface area contributed by atoms with Crippen molar-refractivity contribution in [3.05, 3.63) is 48.4 Å². The molecule has 0 aliphatic rings. The lowest BCUT2D eigenvalue weighted by atomic mass is 10.1. The number of aromatic nitrogens is 4. The molecular formula is C21H27N5. The number of rotatable bonds is 5. The number of fused-ring (bicyclic) bond motifs is 2. The second-order valence-electron chi connectivity index (χ2n) is 6.54. The van der Waals surface area contributed by atoms with E-state index in [0.717, 1.165) is 34.3 Å². The summed E-state index contributed by atoms with van der Waals surface area (Å²) < 4.78 is 4.23. The maximum Gasteiger partial charge on any atom is 0.139 e. The number of aryl methyl sites for hydroxylation is 3. The van der Waals surface area contributed by atoms with E-state index in [-0.39, 0.29) is 7.43 Å². The number of anilines is 2. The smallest absolute Gasteiger partial charge is 0.139 e. The highest BCUT2D eigenvalue weighted by Crippen LogP contribution is 2.31. The Bertz CT molecular complexity index is 1040. The first-order valence-corrected chi connectivity index (χ1v) is 8.81. The molecule has 0 saturated carbocycles. The van der Waals surface area contributed by atoms with Crippen LogP contribution in [0.15, 0.2) is 42.9 Å². The average molecular weight is 349 g/mol.